The van der Waals surface area contributed by atoms with Crippen LogP contribution in [0.1, 0.15) is 38.3 Å². The highest BCUT2D eigenvalue weighted by Crippen LogP contribution is 2.27. The van der Waals surface area contributed by atoms with Crippen molar-refractivity contribution in [2.75, 3.05) is 38.8 Å². The predicted molar refractivity (Wildman–Crippen MR) is 119 cm³/mol. The molecule has 30 heavy (non-hydrogen) atoms. The van der Waals surface area contributed by atoms with Crippen LogP contribution in [0, 0.1) is 5.92 Å². The zero-order valence-electron chi connectivity index (χ0n) is 18.3. The Morgan fingerprint density at radius 2 is 1.60 bits per heavy atom. The Bertz CT molecular complexity index is 807. The summed E-state index contributed by atoms with van der Waals surface area (Å²) in [4.78, 5) is 14.8. The Kier molecular flexibility index (Phi) is 7.44. The van der Waals surface area contributed by atoms with Crippen LogP contribution in [0.15, 0.2) is 42.5 Å². The molecule has 1 aliphatic rings. The van der Waals surface area contributed by atoms with Gasteiger partial charge in [-0.3, -0.25) is 4.79 Å². The van der Waals surface area contributed by atoms with Gasteiger partial charge in [0.25, 0.3) is 5.91 Å². The van der Waals surface area contributed by atoms with Crippen molar-refractivity contribution in [3.05, 3.63) is 48.0 Å². The van der Waals surface area contributed by atoms with Gasteiger partial charge in [0.1, 0.15) is 17.2 Å². The van der Waals surface area contributed by atoms with Crippen molar-refractivity contribution in [3.63, 3.8) is 0 Å². The summed E-state index contributed by atoms with van der Waals surface area (Å²) in [5.74, 6) is 2.38. The predicted octanol–water partition coefficient (Wildman–Crippen LogP) is 4.20. The van der Waals surface area contributed by atoms with Crippen LogP contribution in [0.25, 0.3) is 0 Å². The van der Waals surface area contributed by atoms with Crippen LogP contribution in [0.2, 0.25) is 0 Å². The third-order valence-electron chi connectivity index (χ3n) is 5.61. The second-order valence-corrected chi connectivity index (χ2v) is 7.89. The molecule has 2 aromatic rings. The minimum atomic E-state index is -0.182. The fourth-order valence-corrected chi connectivity index (χ4v) is 3.62. The molecule has 1 amide bonds. The van der Waals surface area contributed by atoms with Crippen LogP contribution in [-0.4, -0.2) is 39.8 Å². The SMILES string of the molecule is COc1cc(OC)cc(OCC(=O)NC(C)c2ccc(N3CCC(C)CC3)cc2)c1. The zero-order chi connectivity index (χ0) is 21.5. The first kappa shape index (κ1) is 21.8. The number of ether oxygens (including phenoxy) is 3. The lowest BCUT2D eigenvalue weighted by Gasteiger charge is -2.32. The summed E-state index contributed by atoms with van der Waals surface area (Å²) in [5.41, 5.74) is 2.32. The molecule has 0 aliphatic carbocycles. The quantitative estimate of drug-likeness (QED) is 0.704. The first-order valence-electron chi connectivity index (χ1n) is 10.5. The van der Waals surface area contributed by atoms with Gasteiger partial charge in [-0.2, -0.15) is 0 Å². The van der Waals surface area contributed by atoms with Crippen molar-refractivity contribution in [2.24, 2.45) is 5.92 Å². The van der Waals surface area contributed by atoms with E-state index in [1.54, 1.807) is 32.4 Å². The van der Waals surface area contributed by atoms with Crippen molar-refractivity contribution in [1.29, 1.82) is 0 Å². The maximum Gasteiger partial charge on any atom is 0.258 e. The van der Waals surface area contributed by atoms with Crippen LogP contribution < -0.4 is 24.4 Å². The van der Waals surface area contributed by atoms with Gasteiger partial charge in [-0.05, 0) is 43.4 Å². The molecule has 0 aromatic heterocycles. The number of hydrogen-bond donors (Lipinski definition) is 1. The molecular weight excluding hydrogens is 380 g/mol. The molecule has 2 aromatic carbocycles. The van der Waals surface area contributed by atoms with Crippen LogP contribution >= 0.6 is 0 Å². The average molecular weight is 413 g/mol. The maximum atomic E-state index is 12.3. The normalized spacial score (nSPS) is 15.4. The molecule has 0 spiro atoms. The molecule has 0 saturated carbocycles. The Morgan fingerprint density at radius 1 is 1.03 bits per heavy atom. The molecule has 6 heteroatoms. The van der Waals surface area contributed by atoms with E-state index in [1.165, 1.54) is 18.5 Å². The number of nitrogens with one attached hydrogen (secondary N) is 1. The first-order chi connectivity index (χ1) is 14.5. The number of methoxy groups -OCH3 is 2. The second-order valence-electron chi connectivity index (χ2n) is 7.89. The Labute approximate surface area is 179 Å². The smallest absolute Gasteiger partial charge is 0.258 e. The molecule has 6 nitrogen and oxygen atoms in total. The molecule has 1 N–H and O–H groups in total. The van der Waals surface area contributed by atoms with Gasteiger partial charge in [-0.25, -0.2) is 0 Å². The summed E-state index contributed by atoms with van der Waals surface area (Å²) in [5, 5.41) is 2.99. The van der Waals surface area contributed by atoms with E-state index in [9.17, 15) is 4.79 Å². The monoisotopic (exact) mass is 412 g/mol. The number of amides is 1. The fourth-order valence-electron chi connectivity index (χ4n) is 3.62. The summed E-state index contributed by atoms with van der Waals surface area (Å²) >= 11 is 0. The summed E-state index contributed by atoms with van der Waals surface area (Å²) < 4.78 is 16.1. The largest absolute Gasteiger partial charge is 0.496 e. The summed E-state index contributed by atoms with van der Waals surface area (Å²) in [6.45, 7) is 6.44. The highest BCUT2D eigenvalue weighted by Gasteiger charge is 2.17. The third-order valence-corrected chi connectivity index (χ3v) is 5.61. The average Bonchev–Trinajstić information content (AvgIpc) is 2.78. The molecule has 1 heterocycles. The van der Waals surface area contributed by atoms with E-state index in [-0.39, 0.29) is 18.6 Å². The molecule has 1 aliphatic heterocycles. The standard InChI is InChI=1S/C24H32N2O4/c1-17-9-11-26(12-10-17)20-7-5-19(6-8-20)18(2)25-24(27)16-30-23-14-21(28-3)13-22(15-23)29-4/h5-8,13-15,17-18H,9-12,16H2,1-4H3,(H,25,27). The van der Waals surface area contributed by atoms with Crippen LogP contribution in [0.5, 0.6) is 17.2 Å². The summed E-state index contributed by atoms with van der Waals surface area (Å²) in [7, 11) is 3.15. The van der Waals surface area contributed by atoms with Gasteiger partial charge in [-0.1, -0.05) is 19.1 Å². The number of carbonyl (C=O) groups excluding carboxylic acids is 1. The minimum Gasteiger partial charge on any atom is -0.496 e. The van der Waals surface area contributed by atoms with Gasteiger partial charge in [0.2, 0.25) is 0 Å². The Morgan fingerprint density at radius 3 is 2.17 bits per heavy atom. The van der Waals surface area contributed by atoms with Gasteiger partial charge in [0.05, 0.1) is 20.3 Å². The lowest BCUT2D eigenvalue weighted by atomic mass is 9.98. The van der Waals surface area contributed by atoms with Crippen molar-refractivity contribution in [3.8, 4) is 17.2 Å². The van der Waals surface area contributed by atoms with Gasteiger partial charge < -0.3 is 24.4 Å². The maximum absolute atomic E-state index is 12.3. The minimum absolute atomic E-state index is 0.0787. The molecule has 1 atom stereocenters. The van der Waals surface area contributed by atoms with E-state index in [0.29, 0.717) is 17.2 Å². The second kappa shape index (κ2) is 10.2. The van der Waals surface area contributed by atoms with Crippen LogP contribution in [-0.2, 0) is 4.79 Å². The van der Waals surface area contributed by atoms with Gasteiger partial charge in [0, 0.05) is 37.0 Å². The summed E-state index contributed by atoms with van der Waals surface area (Å²) in [6, 6.07) is 13.6. The molecule has 1 unspecified atom stereocenters. The van der Waals surface area contributed by atoms with E-state index < -0.39 is 0 Å². The molecule has 162 valence electrons. The van der Waals surface area contributed by atoms with Gasteiger partial charge >= 0.3 is 0 Å². The summed E-state index contributed by atoms with van der Waals surface area (Å²) in [6.07, 6.45) is 2.49. The Hall–Kier alpha value is -2.89. The fraction of sp³-hybridized carbons (Fsp3) is 0.458. The topological polar surface area (TPSA) is 60.0 Å². The van der Waals surface area contributed by atoms with E-state index >= 15 is 0 Å². The number of anilines is 1. The first-order valence-corrected chi connectivity index (χ1v) is 10.5. The number of rotatable bonds is 8. The van der Waals surface area contributed by atoms with Gasteiger partial charge in [-0.15, -0.1) is 0 Å². The Balaban J connectivity index is 1.51. The number of carbonyl (C=O) groups is 1. The number of piperidine rings is 1. The van der Waals surface area contributed by atoms with Crippen LogP contribution in [0.4, 0.5) is 5.69 Å². The number of nitrogens with zero attached hydrogens (tertiary/aromatic N) is 1. The number of benzene rings is 2. The van der Waals surface area contributed by atoms with Crippen molar-refractivity contribution in [2.45, 2.75) is 32.7 Å². The number of hydrogen-bond acceptors (Lipinski definition) is 5. The van der Waals surface area contributed by atoms with Crippen molar-refractivity contribution < 1.29 is 19.0 Å². The zero-order valence-corrected chi connectivity index (χ0v) is 18.3. The highest BCUT2D eigenvalue weighted by molar-refractivity contribution is 5.78. The molecular formula is C24H32N2O4. The van der Waals surface area contributed by atoms with E-state index in [0.717, 1.165) is 24.6 Å². The molecule has 0 radical (unpaired) electrons. The van der Waals surface area contributed by atoms with Crippen molar-refractivity contribution in [1.82, 2.24) is 5.32 Å². The molecule has 1 fully saturated rings. The van der Waals surface area contributed by atoms with E-state index in [1.807, 2.05) is 6.92 Å². The molecule has 0 bridgehead atoms. The molecule has 3 rings (SSSR count). The highest BCUT2D eigenvalue weighted by atomic mass is 16.5. The van der Waals surface area contributed by atoms with Crippen molar-refractivity contribution >= 4 is 11.6 Å². The van der Waals surface area contributed by atoms with E-state index in [2.05, 4.69) is 41.4 Å². The molecule has 1 saturated heterocycles. The lowest BCUT2D eigenvalue weighted by Crippen LogP contribution is -2.33. The van der Waals surface area contributed by atoms with E-state index in [4.69, 9.17) is 14.2 Å². The van der Waals surface area contributed by atoms with Crippen LogP contribution in [0.3, 0.4) is 0 Å². The lowest BCUT2D eigenvalue weighted by molar-refractivity contribution is -0.123. The third kappa shape index (κ3) is 5.81. The van der Waals surface area contributed by atoms with Gasteiger partial charge in [0.15, 0.2) is 6.61 Å².